The third kappa shape index (κ3) is 2.51. The largest absolute Gasteiger partial charge is 0.464 e. The maximum absolute atomic E-state index is 5.56. The third-order valence-corrected chi connectivity index (χ3v) is 3.05. The van der Waals surface area contributed by atoms with Gasteiger partial charge < -0.3 is 9.73 Å². The maximum Gasteiger partial charge on any atom is 0.134 e. The van der Waals surface area contributed by atoms with Gasteiger partial charge >= 0.3 is 0 Å². The number of furan rings is 1. The van der Waals surface area contributed by atoms with Gasteiger partial charge in [0.05, 0.1) is 6.26 Å². The fourth-order valence-electron chi connectivity index (χ4n) is 2.13. The Kier molecular flexibility index (Phi) is 3.85. The number of unbranched alkanes of at least 4 members (excludes halogenated alkanes) is 1. The molecule has 0 aliphatic heterocycles. The van der Waals surface area contributed by atoms with Crippen molar-refractivity contribution in [3.63, 3.8) is 0 Å². The first-order valence-electron chi connectivity index (χ1n) is 5.93. The number of hydrogen-bond acceptors (Lipinski definition) is 2. The average Bonchev–Trinajstić information content (AvgIpc) is 2.79. The highest BCUT2D eigenvalue weighted by molar-refractivity contribution is 5.81. The van der Waals surface area contributed by atoms with E-state index in [0.717, 1.165) is 24.8 Å². The van der Waals surface area contributed by atoms with Crippen molar-refractivity contribution in [2.75, 3.05) is 7.05 Å². The van der Waals surface area contributed by atoms with Gasteiger partial charge in [-0.2, -0.15) is 0 Å². The quantitative estimate of drug-likeness (QED) is 0.624. The van der Waals surface area contributed by atoms with E-state index >= 15 is 0 Å². The first kappa shape index (κ1) is 11.8. The van der Waals surface area contributed by atoms with Gasteiger partial charge in [-0.15, -0.1) is 12.3 Å². The number of fused-ring (bicyclic) bond motifs is 1. The van der Waals surface area contributed by atoms with Crippen molar-refractivity contribution in [1.29, 1.82) is 0 Å². The van der Waals surface area contributed by atoms with E-state index < -0.39 is 0 Å². The van der Waals surface area contributed by atoms with Gasteiger partial charge in [0.1, 0.15) is 5.58 Å². The van der Waals surface area contributed by atoms with Gasteiger partial charge in [-0.05, 0) is 26.0 Å². The normalized spacial score (nSPS) is 12.5. The minimum Gasteiger partial charge on any atom is -0.464 e. The summed E-state index contributed by atoms with van der Waals surface area (Å²) in [7, 11) is 1.97. The second-order valence-corrected chi connectivity index (χ2v) is 4.12. The number of rotatable bonds is 5. The number of benzene rings is 1. The Bertz CT molecular complexity index is 521. The molecule has 1 N–H and O–H groups in total. The molecular weight excluding hydrogens is 210 g/mol. The molecule has 2 aromatic rings. The van der Waals surface area contributed by atoms with Crippen LogP contribution in [0.4, 0.5) is 0 Å². The summed E-state index contributed by atoms with van der Waals surface area (Å²) < 4.78 is 5.56. The summed E-state index contributed by atoms with van der Waals surface area (Å²) in [5.74, 6) is 2.68. The van der Waals surface area contributed by atoms with Crippen LogP contribution in [0.5, 0.6) is 0 Å². The van der Waals surface area contributed by atoms with Crippen molar-refractivity contribution in [2.45, 2.75) is 25.3 Å². The average molecular weight is 227 g/mol. The lowest BCUT2D eigenvalue weighted by atomic mass is 10.0. The van der Waals surface area contributed by atoms with Crippen LogP contribution in [0.15, 0.2) is 34.9 Å². The monoisotopic (exact) mass is 227 g/mol. The Morgan fingerprint density at radius 1 is 1.41 bits per heavy atom. The fourth-order valence-corrected chi connectivity index (χ4v) is 2.13. The standard InChI is InChI=1S/C15H17NO/c1-3-4-5-9-14(16-2)13-11-17-15-10-7-6-8-12(13)15/h1,6-8,10-11,14,16H,4-5,9H2,2H3. The van der Waals surface area contributed by atoms with E-state index in [1.165, 1.54) is 10.9 Å². The SMILES string of the molecule is C#CCCCC(NC)c1coc2ccccc12. The van der Waals surface area contributed by atoms with Gasteiger partial charge in [0.25, 0.3) is 0 Å². The molecule has 0 bridgehead atoms. The zero-order chi connectivity index (χ0) is 12.1. The van der Waals surface area contributed by atoms with Crippen molar-refractivity contribution in [3.8, 4) is 12.3 Å². The summed E-state index contributed by atoms with van der Waals surface area (Å²) in [4.78, 5) is 0. The molecule has 1 aromatic heterocycles. The summed E-state index contributed by atoms with van der Waals surface area (Å²) in [5.41, 5.74) is 2.17. The van der Waals surface area contributed by atoms with Crippen LogP contribution >= 0.6 is 0 Å². The van der Waals surface area contributed by atoms with E-state index in [1.54, 1.807) is 0 Å². The van der Waals surface area contributed by atoms with Crippen molar-refractivity contribution < 1.29 is 4.42 Å². The van der Waals surface area contributed by atoms with Gasteiger partial charge in [0.15, 0.2) is 0 Å². The summed E-state index contributed by atoms with van der Waals surface area (Å²) >= 11 is 0. The molecule has 1 heterocycles. The molecule has 17 heavy (non-hydrogen) atoms. The van der Waals surface area contributed by atoms with Crippen molar-refractivity contribution >= 4 is 11.0 Å². The molecule has 0 spiro atoms. The van der Waals surface area contributed by atoms with Crippen LogP contribution in [0.1, 0.15) is 30.9 Å². The number of hydrogen-bond donors (Lipinski definition) is 1. The van der Waals surface area contributed by atoms with Crippen LogP contribution in [0.25, 0.3) is 11.0 Å². The predicted octanol–water partition coefficient (Wildman–Crippen LogP) is 3.50. The lowest BCUT2D eigenvalue weighted by molar-refractivity contribution is 0.521. The zero-order valence-corrected chi connectivity index (χ0v) is 10.1. The van der Waals surface area contributed by atoms with Crippen LogP contribution < -0.4 is 5.32 Å². The van der Waals surface area contributed by atoms with E-state index in [0.29, 0.717) is 6.04 Å². The van der Waals surface area contributed by atoms with E-state index in [1.807, 2.05) is 31.5 Å². The Morgan fingerprint density at radius 3 is 3.00 bits per heavy atom. The van der Waals surface area contributed by atoms with Crippen LogP contribution in [-0.2, 0) is 0 Å². The van der Waals surface area contributed by atoms with Crippen LogP contribution in [0, 0.1) is 12.3 Å². The first-order valence-corrected chi connectivity index (χ1v) is 5.93. The van der Waals surface area contributed by atoms with Crippen LogP contribution in [0.3, 0.4) is 0 Å². The maximum atomic E-state index is 5.56. The highest BCUT2D eigenvalue weighted by Crippen LogP contribution is 2.28. The lowest BCUT2D eigenvalue weighted by Gasteiger charge is -2.14. The van der Waals surface area contributed by atoms with Crippen molar-refractivity contribution in [2.24, 2.45) is 0 Å². The third-order valence-electron chi connectivity index (χ3n) is 3.05. The molecule has 0 aliphatic rings. The van der Waals surface area contributed by atoms with Gasteiger partial charge in [-0.3, -0.25) is 0 Å². The molecule has 2 heteroatoms. The summed E-state index contributed by atoms with van der Waals surface area (Å²) in [6, 6.07) is 8.43. The zero-order valence-electron chi connectivity index (χ0n) is 10.1. The lowest BCUT2D eigenvalue weighted by Crippen LogP contribution is -2.15. The number of para-hydroxylation sites is 1. The molecule has 88 valence electrons. The van der Waals surface area contributed by atoms with Gasteiger partial charge in [0.2, 0.25) is 0 Å². The van der Waals surface area contributed by atoms with Crippen LogP contribution in [0.2, 0.25) is 0 Å². The van der Waals surface area contributed by atoms with Crippen LogP contribution in [-0.4, -0.2) is 7.05 Å². The van der Waals surface area contributed by atoms with E-state index in [4.69, 9.17) is 10.8 Å². The number of nitrogens with one attached hydrogen (secondary N) is 1. The summed E-state index contributed by atoms with van der Waals surface area (Å²) in [6.07, 6.45) is 10.0. The molecule has 0 amide bonds. The molecule has 0 aliphatic carbocycles. The molecular formula is C15H17NO. The molecule has 0 saturated carbocycles. The van der Waals surface area contributed by atoms with Gasteiger partial charge in [-0.1, -0.05) is 18.2 Å². The van der Waals surface area contributed by atoms with E-state index in [9.17, 15) is 0 Å². The van der Waals surface area contributed by atoms with Crippen molar-refractivity contribution in [3.05, 3.63) is 36.1 Å². The molecule has 2 rings (SSSR count). The summed E-state index contributed by atoms with van der Waals surface area (Å²) in [6.45, 7) is 0. The Hall–Kier alpha value is -1.72. The molecule has 2 nitrogen and oxygen atoms in total. The molecule has 0 saturated heterocycles. The summed E-state index contributed by atoms with van der Waals surface area (Å²) in [5, 5.41) is 4.51. The smallest absolute Gasteiger partial charge is 0.134 e. The fraction of sp³-hybridized carbons (Fsp3) is 0.333. The topological polar surface area (TPSA) is 25.2 Å². The van der Waals surface area contributed by atoms with E-state index in [-0.39, 0.29) is 0 Å². The Morgan fingerprint density at radius 2 is 2.24 bits per heavy atom. The molecule has 0 radical (unpaired) electrons. The molecule has 1 atom stereocenters. The van der Waals surface area contributed by atoms with Gasteiger partial charge in [-0.25, -0.2) is 0 Å². The Balaban J connectivity index is 2.21. The second kappa shape index (κ2) is 5.56. The molecule has 1 unspecified atom stereocenters. The Labute approximate surface area is 102 Å². The molecule has 1 aromatic carbocycles. The first-order chi connectivity index (χ1) is 8.36. The molecule has 0 fully saturated rings. The minimum atomic E-state index is 0.312. The highest BCUT2D eigenvalue weighted by Gasteiger charge is 2.14. The van der Waals surface area contributed by atoms with Crippen molar-refractivity contribution in [1.82, 2.24) is 5.32 Å². The predicted molar refractivity (Wildman–Crippen MR) is 70.7 cm³/mol. The van der Waals surface area contributed by atoms with Gasteiger partial charge in [0, 0.05) is 23.4 Å². The highest BCUT2D eigenvalue weighted by atomic mass is 16.3. The number of terminal acetylenes is 1. The second-order valence-electron chi connectivity index (χ2n) is 4.12. The minimum absolute atomic E-state index is 0.312. The van der Waals surface area contributed by atoms with E-state index in [2.05, 4.69) is 17.3 Å².